The molecule has 1 amide bonds. The Bertz CT molecular complexity index is 1120. The van der Waals surface area contributed by atoms with E-state index in [1.54, 1.807) is 42.5 Å². The number of pyridine rings is 1. The van der Waals surface area contributed by atoms with Gasteiger partial charge in [0.25, 0.3) is 17.7 Å². The summed E-state index contributed by atoms with van der Waals surface area (Å²) in [5.74, 6) is 1.19. The van der Waals surface area contributed by atoms with Crippen molar-refractivity contribution in [1.29, 1.82) is 0 Å². The Hall–Kier alpha value is -3.65. The molecule has 0 aliphatic heterocycles. The Kier molecular flexibility index (Phi) is 4.77. The number of hydrogen-bond donors (Lipinski definition) is 1. The molecule has 0 saturated carbocycles. The molecule has 3 aromatic heterocycles. The van der Waals surface area contributed by atoms with E-state index in [4.69, 9.17) is 25.2 Å². The highest BCUT2D eigenvalue weighted by Gasteiger charge is 2.16. The van der Waals surface area contributed by atoms with E-state index < -0.39 is 5.91 Å². The first-order valence-corrected chi connectivity index (χ1v) is 8.51. The van der Waals surface area contributed by atoms with E-state index in [1.807, 2.05) is 0 Å². The van der Waals surface area contributed by atoms with E-state index in [9.17, 15) is 4.79 Å². The smallest absolute Gasteiger partial charge is 0.283 e. The van der Waals surface area contributed by atoms with Crippen molar-refractivity contribution in [1.82, 2.24) is 15.2 Å². The third-order valence-electron chi connectivity index (χ3n) is 3.77. The van der Waals surface area contributed by atoms with Crippen LogP contribution >= 0.6 is 11.6 Å². The second-order valence-electron chi connectivity index (χ2n) is 5.60. The van der Waals surface area contributed by atoms with Gasteiger partial charge in [0.1, 0.15) is 17.3 Å². The summed E-state index contributed by atoms with van der Waals surface area (Å²) in [5.41, 5.74) is 0.696. The summed E-state index contributed by atoms with van der Waals surface area (Å²) in [7, 11) is 1.48. The van der Waals surface area contributed by atoms with Gasteiger partial charge in [-0.25, -0.2) is 4.98 Å². The molecule has 9 heteroatoms. The van der Waals surface area contributed by atoms with Gasteiger partial charge < -0.3 is 18.9 Å². The maximum Gasteiger partial charge on any atom is 0.283 e. The summed E-state index contributed by atoms with van der Waals surface area (Å²) in [6, 6.07) is 13.3. The fraction of sp³-hybridized carbons (Fsp3) is 0.0526. The SMILES string of the molecule is COc1ccc(Cl)cc1C(=O)Nc1cccc(-c2nnc(-c3ccco3)o2)n1. The van der Waals surface area contributed by atoms with Gasteiger partial charge in [-0.05, 0) is 42.5 Å². The molecule has 0 saturated heterocycles. The number of halogens is 1. The third-order valence-corrected chi connectivity index (χ3v) is 4.01. The van der Waals surface area contributed by atoms with Crippen LogP contribution < -0.4 is 10.1 Å². The number of hydrogen-bond acceptors (Lipinski definition) is 7. The van der Waals surface area contributed by atoms with Crippen molar-refractivity contribution in [2.45, 2.75) is 0 Å². The minimum atomic E-state index is -0.411. The molecule has 1 N–H and O–H groups in total. The quantitative estimate of drug-likeness (QED) is 0.536. The van der Waals surface area contributed by atoms with E-state index in [2.05, 4.69) is 20.5 Å². The van der Waals surface area contributed by atoms with Gasteiger partial charge >= 0.3 is 0 Å². The van der Waals surface area contributed by atoms with Crippen molar-refractivity contribution >= 4 is 23.3 Å². The molecule has 0 fully saturated rings. The molecule has 0 aliphatic carbocycles. The number of nitrogens with zero attached hydrogens (tertiary/aromatic N) is 3. The van der Waals surface area contributed by atoms with Gasteiger partial charge in [-0.3, -0.25) is 4.79 Å². The number of carbonyl (C=O) groups is 1. The minimum Gasteiger partial charge on any atom is -0.496 e. The summed E-state index contributed by atoms with van der Waals surface area (Å²) in [6.07, 6.45) is 1.51. The van der Waals surface area contributed by atoms with Gasteiger partial charge in [-0.15, -0.1) is 10.2 Å². The monoisotopic (exact) mass is 396 g/mol. The lowest BCUT2D eigenvalue weighted by molar-refractivity contribution is 0.102. The molecule has 0 spiro atoms. The second kappa shape index (κ2) is 7.53. The van der Waals surface area contributed by atoms with Gasteiger partial charge in [0.05, 0.1) is 18.9 Å². The molecule has 140 valence electrons. The van der Waals surface area contributed by atoms with Crippen LogP contribution in [0.5, 0.6) is 5.75 Å². The van der Waals surface area contributed by atoms with Crippen molar-refractivity contribution < 1.29 is 18.4 Å². The number of furan rings is 1. The van der Waals surface area contributed by atoms with Crippen molar-refractivity contribution in [3.63, 3.8) is 0 Å². The van der Waals surface area contributed by atoms with E-state index in [0.29, 0.717) is 33.6 Å². The lowest BCUT2D eigenvalue weighted by Gasteiger charge is -2.09. The van der Waals surface area contributed by atoms with Crippen molar-refractivity contribution in [3.8, 4) is 29.0 Å². The second-order valence-corrected chi connectivity index (χ2v) is 6.03. The van der Waals surface area contributed by atoms with Crippen LogP contribution in [0.2, 0.25) is 5.02 Å². The van der Waals surface area contributed by atoms with Crippen LogP contribution in [0.25, 0.3) is 23.2 Å². The number of rotatable bonds is 5. The minimum absolute atomic E-state index is 0.197. The zero-order chi connectivity index (χ0) is 19.5. The molecule has 0 aliphatic rings. The molecule has 0 radical (unpaired) electrons. The van der Waals surface area contributed by atoms with Crippen LogP contribution in [0.15, 0.2) is 63.6 Å². The van der Waals surface area contributed by atoms with E-state index >= 15 is 0 Å². The molecule has 28 heavy (non-hydrogen) atoms. The summed E-state index contributed by atoms with van der Waals surface area (Å²) in [4.78, 5) is 16.9. The molecule has 4 rings (SSSR count). The summed E-state index contributed by atoms with van der Waals surface area (Å²) in [5, 5.41) is 11.0. The first kappa shape index (κ1) is 17.7. The summed E-state index contributed by atoms with van der Waals surface area (Å²) >= 11 is 5.98. The van der Waals surface area contributed by atoms with Crippen LogP contribution in [0.1, 0.15) is 10.4 Å². The number of nitrogens with one attached hydrogen (secondary N) is 1. The van der Waals surface area contributed by atoms with E-state index in [0.717, 1.165) is 0 Å². The van der Waals surface area contributed by atoms with E-state index in [1.165, 1.54) is 19.4 Å². The first-order valence-electron chi connectivity index (χ1n) is 8.14. The number of carbonyl (C=O) groups excluding carboxylic acids is 1. The van der Waals surface area contributed by atoms with Crippen LogP contribution in [0.3, 0.4) is 0 Å². The molecule has 0 atom stereocenters. The normalized spacial score (nSPS) is 10.6. The molecule has 0 bridgehead atoms. The van der Waals surface area contributed by atoms with Crippen LogP contribution in [-0.4, -0.2) is 28.2 Å². The predicted molar refractivity (Wildman–Crippen MR) is 101 cm³/mol. The van der Waals surface area contributed by atoms with Gasteiger partial charge in [0.2, 0.25) is 0 Å². The van der Waals surface area contributed by atoms with E-state index in [-0.39, 0.29) is 11.8 Å². The number of amides is 1. The molecule has 1 aromatic carbocycles. The average molecular weight is 397 g/mol. The maximum absolute atomic E-state index is 12.6. The number of anilines is 1. The van der Waals surface area contributed by atoms with Gasteiger partial charge in [0, 0.05) is 5.02 Å². The molecule has 0 unspecified atom stereocenters. The van der Waals surface area contributed by atoms with Crippen molar-refractivity contribution in [2.75, 3.05) is 12.4 Å². The van der Waals surface area contributed by atoms with Crippen LogP contribution in [0.4, 0.5) is 5.82 Å². The highest BCUT2D eigenvalue weighted by molar-refractivity contribution is 6.31. The number of aromatic nitrogens is 3. The summed E-state index contributed by atoms with van der Waals surface area (Å²) in [6.45, 7) is 0. The number of methoxy groups -OCH3 is 1. The van der Waals surface area contributed by atoms with Crippen molar-refractivity contribution in [3.05, 3.63) is 65.4 Å². The Morgan fingerprint density at radius 1 is 1.11 bits per heavy atom. The van der Waals surface area contributed by atoms with Crippen LogP contribution in [-0.2, 0) is 0 Å². The first-order chi connectivity index (χ1) is 13.6. The zero-order valence-electron chi connectivity index (χ0n) is 14.5. The lowest BCUT2D eigenvalue weighted by atomic mass is 10.2. The lowest BCUT2D eigenvalue weighted by Crippen LogP contribution is -2.14. The highest BCUT2D eigenvalue weighted by Crippen LogP contribution is 2.25. The number of ether oxygens (including phenoxy) is 1. The standard InChI is InChI=1S/C19H13ClN4O4/c1-26-14-8-7-11(20)10-12(14)17(25)22-16-6-2-4-13(21-16)18-23-24-19(28-18)15-5-3-9-27-15/h2-10H,1H3,(H,21,22,25). The average Bonchev–Trinajstić information content (AvgIpc) is 3.40. The zero-order valence-corrected chi connectivity index (χ0v) is 15.3. The largest absolute Gasteiger partial charge is 0.496 e. The summed E-state index contributed by atoms with van der Waals surface area (Å²) < 4.78 is 16.0. The number of benzene rings is 1. The molecule has 3 heterocycles. The fourth-order valence-corrected chi connectivity index (χ4v) is 2.66. The Morgan fingerprint density at radius 2 is 1.96 bits per heavy atom. The maximum atomic E-state index is 12.6. The molecular formula is C19H13ClN4O4. The molecule has 4 aromatic rings. The van der Waals surface area contributed by atoms with Gasteiger partial charge in [-0.2, -0.15) is 0 Å². The van der Waals surface area contributed by atoms with Crippen molar-refractivity contribution in [2.24, 2.45) is 0 Å². The Labute approximate surface area is 164 Å². The molecular weight excluding hydrogens is 384 g/mol. The topological polar surface area (TPSA) is 103 Å². The van der Waals surface area contributed by atoms with Gasteiger partial charge in [-0.1, -0.05) is 17.7 Å². The Balaban J connectivity index is 1.58. The molecule has 8 nitrogen and oxygen atoms in total. The Morgan fingerprint density at radius 3 is 2.75 bits per heavy atom. The third kappa shape index (κ3) is 3.58. The highest BCUT2D eigenvalue weighted by atomic mass is 35.5. The predicted octanol–water partition coefficient (Wildman–Crippen LogP) is 4.31. The fourth-order valence-electron chi connectivity index (χ4n) is 2.49. The van der Waals surface area contributed by atoms with Gasteiger partial charge in [0.15, 0.2) is 5.76 Å². The van der Waals surface area contributed by atoms with Crippen LogP contribution in [0, 0.1) is 0 Å².